The first-order valence-electron chi connectivity index (χ1n) is 6.86. The zero-order chi connectivity index (χ0) is 16.4. The number of aromatic hydroxyl groups is 1. The standard InChI is InChI=1S/C17H13FN2O2S/c1-10-4-2-3-5-13(10)19-17-20-16(22)15(23-17)9-11-6-7-14(21)12(18)8-11/h2-9,21H,1H3,(H,19,20,22). The van der Waals surface area contributed by atoms with Crippen LogP contribution in [0.1, 0.15) is 11.1 Å². The Morgan fingerprint density at radius 3 is 2.78 bits per heavy atom. The van der Waals surface area contributed by atoms with Gasteiger partial charge in [0.15, 0.2) is 16.7 Å². The highest BCUT2D eigenvalue weighted by Gasteiger charge is 2.24. The summed E-state index contributed by atoms with van der Waals surface area (Å²) in [4.78, 5) is 16.8. The maximum Gasteiger partial charge on any atom is 0.264 e. The molecule has 2 N–H and O–H groups in total. The fourth-order valence-corrected chi connectivity index (χ4v) is 2.88. The predicted molar refractivity (Wildman–Crippen MR) is 90.0 cm³/mol. The molecule has 23 heavy (non-hydrogen) atoms. The van der Waals surface area contributed by atoms with Crippen molar-refractivity contribution in [1.82, 2.24) is 5.32 Å². The minimum atomic E-state index is -0.725. The predicted octanol–water partition coefficient (Wildman–Crippen LogP) is 3.73. The molecule has 0 radical (unpaired) electrons. The molecule has 116 valence electrons. The molecule has 2 aromatic carbocycles. The molecule has 1 aliphatic heterocycles. The molecule has 0 aromatic heterocycles. The molecular weight excluding hydrogens is 315 g/mol. The number of nitrogens with zero attached hydrogens (tertiary/aromatic N) is 1. The van der Waals surface area contributed by atoms with E-state index in [9.17, 15) is 14.3 Å². The van der Waals surface area contributed by atoms with Gasteiger partial charge in [-0.15, -0.1) is 0 Å². The van der Waals surface area contributed by atoms with Crippen molar-refractivity contribution < 1.29 is 14.3 Å². The minimum Gasteiger partial charge on any atom is -0.505 e. The number of aliphatic imine (C=N–C) groups is 1. The third-order valence-electron chi connectivity index (χ3n) is 3.26. The van der Waals surface area contributed by atoms with E-state index in [-0.39, 0.29) is 5.91 Å². The fourth-order valence-electron chi connectivity index (χ4n) is 2.04. The molecule has 1 aliphatic rings. The van der Waals surface area contributed by atoms with Gasteiger partial charge in [-0.25, -0.2) is 9.38 Å². The van der Waals surface area contributed by atoms with Crippen LogP contribution in [0.4, 0.5) is 10.1 Å². The lowest BCUT2D eigenvalue weighted by Gasteiger charge is -1.99. The van der Waals surface area contributed by atoms with Crippen LogP contribution in [0.3, 0.4) is 0 Å². The summed E-state index contributed by atoms with van der Waals surface area (Å²) in [7, 11) is 0. The highest BCUT2D eigenvalue weighted by atomic mass is 32.2. The molecule has 1 fully saturated rings. The number of benzene rings is 2. The second kappa shape index (κ2) is 6.26. The Labute approximate surface area is 136 Å². The largest absolute Gasteiger partial charge is 0.505 e. The van der Waals surface area contributed by atoms with Gasteiger partial charge in [-0.3, -0.25) is 4.79 Å². The number of thioether (sulfide) groups is 1. The Bertz CT molecular complexity index is 846. The summed E-state index contributed by atoms with van der Waals surface area (Å²) in [6, 6.07) is 11.6. The van der Waals surface area contributed by atoms with Crippen LogP contribution in [-0.4, -0.2) is 16.2 Å². The summed E-state index contributed by atoms with van der Waals surface area (Å²) >= 11 is 1.19. The first-order chi connectivity index (χ1) is 11.0. The van der Waals surface area contributed by atoms with Crippen molar-refractivity contribution in [3.05, 3.63) is 64.3 Å². The lowest BCUT2D eigenvalue weighted by Crippen LogP contribution is -2.19. The number of nitrogens with one attached hydrogen (secondary N) is 1. The smallest absolute Gasteiger partial charge is 0.264 e. The average Bonchev–Trinajstić information content (AvgIpc) is 2.85. The van der Waals surface area contributed by atoms with E-state index in [1.54, 1.807) is 6.08 Å². The number of carbonyl (C=O) groups is 1. The molecule has 0 aliphatic carbocycles. The zero-order valence-corrected chi connectivity index (χ0v) is 13.0. The van der Waals surface area contributed by atoms with Gasteiger partial charge in [-0.05, 0) is 54.1 Å². The molecule has 1 saturated heterocycles. The van der Waals surface area contributed by atoms with Gasteiger partial charge in [0.1, 0.15) is 0 Å². The van der Waals surface area contributed by atoms with Crippen LogP contribution in [0.2, 0.25) is 0 Å². The van der Waals surface area contributed by atoms with E-state index in [0.717, 1.165) is 11.3 Å². The maximum atomic E-state index is 13.3. The quantitative estimate of drug-likeness (QED) is 0.826. The van der Waals surface area contributed by atoms with Gasteiger partial charge in [-0.2, -0.15) is 0 Å². The molecule has 4 nitrogen and oxygen atoms in total. The van der Waals surface area contributed by atoms with Crippen molar-refractivity contribution in [2.45, 2.75) is 6.92 Å². The van der Waals surface area contributed by atoms with Gasteiger partial charge in [-0.1, -0.05) is 24.3 Å². The number of aryl methyl sites for hydroxylation is 1. The lowest BCUT2D eigenvalue weighted by atomic mass is 10.2. The molecule has 1 amide bonds. The molecule has 0 saturated carbocycles. The molecule has 1 heterocycles. The number of halogens is 1. The number of rotatable bonds is 2. The summed E-state index contributed by atoms with van der Waals surface area (Å²) in [5.74, 6) is -1.43. The van der Waals surface area contributed by atoms with Crippen molar-refractivity contribution in [3.8, 4) is 5.75 Å². The molecule has 0 atom stereocenters. The van der Waals surface area contributed by atoms with Gasteiger partial charge in [0.25, 0.3) is 5.91 Å². The van der Waals surface area contributed by atoms with E-state index in [0.29, 0.717) is 15.6 Å². The SMILES string of the molecule is Cc1ccccc1N=C1NC(=O)C(=Cc2ccc(O)c(F)c2)S1. The van der Waals surface area contributed by atoms with Gasteiger partial charge in [0.2, 0.25) is 0 Å². The fraction of sp³-hybridized carbons (Fsp3) is 0.0588. The summed E-state index contributed by atoms with van der Waals surface area (Å²) in [6.07, 6.45) is 1.56. The molecule has 6 heteroatoms. The van der Waals surface area contributed by atoms with E-state index in [4.69, 9.17) is 0 Å². The van der Waals surface area contributed by atoms with E-state index >= 15 is 0 Å². The molecule has 3 rings (SSSR count). The van der Waals surface area contributed by atoms with Crippen molar-refractivity contribution in [1.29, 1.82) is 0 Å². The van der Waals surface area contributed by atoms with Gasteiger partial charge < -0.3 is 10.4 Å². The molecule has 0 bridgehead atoms. The van der Waals surface area contributed by atoms with Gasteiger partial charge in [0, 0.05) is 0 Å². The minimum absolute atomic E-state index is 0.282. The molecular formula is C17H13FN2O2S. The maximum absolute atomic E-state index is 13.3. The number of amidine groups is 1. The van der Waals surface area contributed by atoms with Crippen LogP contribution >= 0.6 is 11.8 Å². The highest BCUT2D eigenvalue weighted by Crippen LogP contribution is 2.29. The topological polar surface area (TPSA) is 61.7 Å². The second-order valence-corrected chi connectivity index (χ2v) is 6.01. The van der Waals surface area contributed by atoms with Crippen molar-refractivity contribution in [2.75, 3.05) is 0 Å². The van der Waals surface area contributed by atoms with Crippen LogP contribution < -0.4 is 5.32 Å². The number of hydrogen-bond acceptors (Lipinski definition) is 4. The van der Waals surface area contributed by atoms with E-state index in [2.05, 4.69) is 10.3 Å². The monoisotopic (exact) mass is 328 g/mol. The number of phenols is 1. The van der Waals surface area contributed by atoms with Gasteiger partial charge >= 0.3 is 0 Å². The summed E-state index contributed by atoms with van der Waals surface area (Å²) in [6.45, 7) is 1.94. The summed E-state index contributed by atoms with van der Waals surface area (Å²) in [5.41, 5.74) is 2.29. The number of phenolic OH excluding ortho intramolecular Hbond substituents is 1. The molecule has 2 aromatic rings. The Morgan fingerprint density at radius 1 is 1.26 bits per heavy atom. The average molecular weight is 328 g/mol. The number of carbonyl (C=O) groups excluding carboxylic acids is 1. The third kappa shape index (κ3) is 3.43. The van der Waals surface area contributed by atoms with Crippen molar-refractivity contribution in [2.24, 2.45) is 4.99 Å². The number of amides is 1. The van der Waals surface area contributed by atoms with Crippen LogP contribution in [-0.2, 0) is 4.79 Å². The van der Waals surface area contributed by atoms with E-state index < -0.39 is 11.6 Å². The number of hydrogen-bond donors (Lipinski definition) is 2. The summed E-state index contributed by atoms with van der Waals surface area (Å²) < 4.78 is 13.3. The van der Waals surface area contributed by atoms with Crippen molar-refractivity contribution >= 4 is 34.6 Å². The lowest BCUT2D eigenvalue weighted by molar-refractivity contribution is -0.115. The van der Waals surface area contributed by atoms with Gasteiger partial charge in [0.05, 0.1) is 10.6 Å². The second-order valence-electron chi connectivity index (χ2n) is 4.98. The first kappa shape index (κ1) is 15.3. The number of para-hydroxylation sites is 1. The molecule has 0 unspecified atom stereocenters. The van der Waals surface area contributed by atoms with Crippen LogP contribution in [0.5, 0.6) is 5.75 Å². The third-order valence-corrected chi connectivity index (χ3v) is 4.17. The Kier molecular flexibility index (Phi) is 4.16. The Hall–Kier alpha value is -2.60. The zero-order valence-electron chi connectivity index (χ0n) is 12.2. The Balaban J connectivity index is 1.86. The summed E-state index contributed by atoms with van der Waals surface area (Å²) in [5, 5.41) is 12.4. The highest BCUT2D eigenvalue weighted by molar-refractivity contribution is 8.18. The van der Waals surface area contributed by atoms with Crippen molar-refractivity contribution in [3.63, 3.8) is 0 Å². The van der Waals surface area contributed by atoms with E-state index in [1.807, 2.05) is 31.2 Å². The first-order valence-corrected chi connectivity index (χ1v) is 7.68. The molecule has 0 spiro atoms. The van der Waals surface area contributed by atoms with E-state index in [1.165, 1.54) is 30.0 Å². The Morgan fingerprint density at radius 2 is 2.04 bits per heavy atom. The van der Waals surface area contributed by atoms with Crippen LogP contribution in [0.15, 0.2) is 52.4 Å². The normalized spacial score (nSPS) is 17.7. The van der Waals surface area contributed by atoms with Crippen LogP contribution in [0.25, 0.3) is 6.08 Å². The van der Waals surface area contributed by atoms with Crippen LogP contribution in [0, 0.1) is 12.7 Å².